The second kappa shape index (κ2) is 6.93. The predicted molar refractivity (Wildman–Crippen MR) is 98.5 cm³/mol. The summed E-state index contributed by atoms with van der Waals surface area (Å²) in [5.74, 6) is 1.52. The molecule has 0 spiro atoms. The highest BCUT2D eigenvalue weighted by atomic mass is 32.2. The van der Waals surface area contributed by atoms with Gasteiger partial charge >= 0.3 is 0 Å². The van der Waals surface area contributed by atoms with E-state index >= 15 is 0 Å². The minimum Gasteiger partial charge on any atom is -0.382 e. The van der Waals surface area contributed by atoms with Gasteiger partial charge in [0.05, 0.1) is 12.4 Å². The number of imidazole rings is 1. The fourth-order valence-corrected chi connectivity index (χ4v) is 4.50. The quantitative estimate of drug-likeness (QED) is 0.704. The Hall–Kier alpha value is -1.46. The summed E-state index contributed by atoms with van der Waals surface area (Å²) in [7, 11) is 0. The van der Waals surface area contributed by atoms with Crippen molar-refractivity contribution in [2.45, 2.75) is 50.6 Å². The lowest BCUT2D eigenvalue weighted by molar-refractivity contribution is -0.193. The van der Waals surface area contributed by atoms with Gasteiger partial charge in [0, 0.05) is 5.75 Å². The van der Waals surface area contributed by atoms with E-state index in [9.17, 15) is 0 Å². The first-order chi connectivity index (χ1) is 12.5. The molecule has 2 fully saturated rings. The molecule has 0 radical (unpaired) electrons. The van der Waals surface area contributed by atoms with Crippen LogP contribution in [-0.4, -0.2) is 61.7 Å². The molecule has 0 saturated carbocycles. The SMILES string of the molecule is CC1(C)OC2C(CSCCCN)OC(n3cnc4c(N)ncnc43)C2O1. The molecule has 0 bridgehead atoms. The smallest absolute Gasteiger partial charge is 0.167 e. The van der Waals surface area contributed by atoms with E-state index in [1.54, 1.807) is 6.33 Å². The van der Waals surface area contributed by atoms with Gasteiger partial charge in [0.25, 0.3) is 0 Å². The summed E-state index contributed by atoms with van der Waals surface area (Å²) in [5.41, 5.74) is 12.7. The van der Waals surface area contributed by atoms with E-state index in [1.807, 2.05) is 30.2 Å². The summed E-state index contributed by atoms with van der Waals surface area (Å²) in [6, 6.07) is 0. The highest BCUT2D eigenvalue weighted by Crippen LogP contribution is 2.44. The van der Waals surface area contributed by atoms with Crippen LogP contribution in [0.5, 0.6) is 0 Å². The number of ether oxygens (including phenoxy) is 3. The van der Waals surface area contributed by atoms with Crippen molar-refractivity contribution in [3.63, 3.8) is 0 Å². The second-order valence-electron chi connectivity index (χ2n) is 6.93. The number of anilines is 1. The molecule has 0 amide bonds. The molecule has 2 aromatic rings. The van der Waals surface area contributed by atoms with Crippen molar-refractivity contribution in [1.82, 2.24) is 19.5 Å². The molecule has 4 heterocycles. The third-order valence-electron chi connectivity index (χ3n) is 4.56. The van der Waals surface area contributed by atoms with Crippen molar-refractivity contribution in [2.75, 3.05) is 23.8 Å². The summed E-state index contributed by atoms with van der Waals surface area (Å²) in [6.45, 7) is 4.54. The van der Waals surface area contributed by atoms with Gasteiger partial charge in [-0.05, 0) is 32.6 Å². The Morgan fingerprint density at radius 3 is 2.85 bits per heavy atom. The standard InChI is InChI=1S/C16H24N6O3S/c1-16(2)24-11-9(6-26-5-3-4-17)23-15(12(11)25-16)22-8-21-10-13(18)19-7-20-14(10)22/h7-9,11-12,15H,3-6,17H2,1-2H3,(H2,18,19,20). The Bertz CT molecular complexity index is 784. The lowest BCUT2D eigenvalue weighted by Gasteiger charge is -2.24. The van der Waals surface area contributed by atoms with Crippen LogP contribution in [0.15, 0.2) is 12.7 Å². The first-order valence-corrected chi connectivity index (χ1v) is 9.87. The molecule has 142 valence electrons. The van der Waals surface area contributed by atoms with Crippen LogP contribution in [0.1, 0.15) is 26.5 Å². The Kier molecular flexibility index (Phi) is 4.78. The van der Waals surface area contributed by atoms with E-state index in [2.05, 4.69) is 15.0 Å². The first kappa shape index (κ1) is 17.9. The summed E-state index contributed by atoms with van der Waals surface area (Å²) in [6.07, 6.45) is 3.26. The molecule has 4 atom stereocenters. The number of hydrogen-bond acceptors (Lipinski definition) is 9. The molecule has 4 unspecified atom stereocenters. The molecule has 2 saturated heterocycles. The number of rotatable bonds is 6. The van der Waals surface area contributed by atoms with Crippen LogP contribution in [0.2, 0.25) is 0 Å². The van der Waals surface area contributed by atoms with Crippen LogP contribution in [0.25, 0.3) is 11.2 Å². The van der Waals surface area contributed by atoms with Crippen molar-refractivity contribution in [3.8, 4) is 0 Å². The monoisotopic (exact) mass is 380 g/mol. The van der Waals surface area contributed by atoms with Crippen molar-refractivity contribution in [2.24, 2.45) is 5.73 Å². The Morgan fingerprint density at radius 2 is 2.04 bits per heavy atom. The van der Waals surface area contributed by atoms with Crippen LogP contribution in [0.4, 0.5) is 5.82 Å². The summed E-state index contributed by atoms with van der Waals surface area (Å²) < 4.78 is 20.5. The molecule has 9 nitrogen and oxygen atoms in total. The maximum atomic E-state index is 6.31. The molecule has 4 N–H and O–H groups in total. The zero-order chi connectivity index (χ0) is 18.3. The summed E-state index contributed by atoms with van der Waals surface area (Å²) in [4.78, 5) is 12.7. The third-order valence-corrected chi connectivity index (χ3v) is 5.70. The lowest BCUT2D eigenvalue weighted by atomic mass is 10.1. The van der Waals surface area contributed by atoms with Crippen molar-refractivity contribution >= 4 is 28.7 Å². The van der Waals surface area contributed by atoms with E-state index in [0.29, 0.717) is 23.5 Å². The zero-order valence-corrected chi connectivity index (χ0v) is 15.7. The minimum atomic E-state index is -0.651. The van der Waals surface area contributed by atoms with Gasteiger partial charge in [-0.3, -0.25) is 4.57 Å². The fraction of sp³-hybridized carbons (Fsp3) is 0.688. The number of nitrogens with zero attached hydrogens (tertiary/aromatic N) is 4. The number of nitrogen functional groups attached to an aromatic ring is 1. The van der Waals surface area contributed by atoms with Crippen LogP contribution < -0.4 is 11.5 Å². The van der Waals surface area contributed by atoms with Gasteiger partial charge in [0.2, 0.25) is 0 Å². The Labute approximate surface area is 155 Å². The van der Waals surface area contributed by atoms with E-state index in [0.717, 1.165) is 17.9 Å². The summed E-state index contributed by atoms with van der Waals surface area (Å²) in [5, 5.41) is 0. The second-order valence-corrected chi connectivity index (χ2v) is 8.08. The van der Waals surface area contributed by atoms with Crippen LogP contribution >= 0.6 is 11.8 Å². The average molecular weight is 380 g/mol. The normalized spacial score (nSPS) is 30.1. The van der Waals surface area contributed by atoms with Gasteiger partial charge in [0.1, 0.15) is 24.1 Å². The maximum Gasteiger partial charge on any atom is 0.167 e. The molecule has 2 aromatic heterocycles. The predicted octanol–water partition coefficient (Wildman–Crippen LogP) is 0.908. The maximum absolute atomic E-state index is 6.31. The van der Waals surface area contributed by atoms with Gasteiger partial charge in [-0.1, -0.05) is 0 Å². The van der Waals surface area contributed by atoms with Gasteiger partial charge in [-0.2, -0.15) is 11.8 Å². The zero-order valence-electron chi connectivity index (χ0n) is 14.9. The Morgan fingerprint density at radius 1 is 1.23 bits per heavy atom. The van der Waals surface area contributed by atoms with Gasteiger partial charge in [0.15, 0.2) is 23.5 Å². The molecule has 2 aliphatic heterocycles. The lowest BCUT2D eigenvalue weighted by Crippen LogP contribution is -2.31. The van der Waals surface area contributed by atoms with Crippen molar-refractivity contribution in [1.29, 1.82) is 0 Å². The number of hydrogen-bond donors (Lipinski definition) is 2. The molecular formula is C16H24N6O3S. The molecule has 26 heavy (non-hydrogen) atoms. The number of thioether (sulfide) groups is 1. The third kappa shape index (κ3) is 3.16. The molecule has 2 aliphatic rings. The number of aromatic nitrogens is 4. The molecule has 10 heteroatoms. The van der Waals surface area contributed by atoms with Crippen molar-refractivity contribution < 1.29 is 14.2 Å². The number of nitrogens with two attached hydrogens (primary N) is 2. The first-order valence-electron chi connectivity index (χ1n) is 8.72. The summed E-state index contributed by atoms with van der Waals surface area (Å²) >= 11 is 1.82. The molecular weight excluding hydrogens is 356 g/mol. The van der Waals surface area contributed by atoms with Crippen LogP contribution in [0, 0.1) is 0 Å². The minimum absolute atomic E-state index is 0.0776. The van der Waals surface area contributed by atoms with Crippen LogP contribution in [-0.2, 0) is 14.2 Å². The van der Waals surface area contributed by atoms with E-state index in [4.69, 9.17) is 25.7 Å². The molecule has 0 aliphatic carbocycles. The highest BCUT2D eigenvalue weighted by Gasteiger charge is 2.55. The fourth-order valence-electron chi connectivity index (χ4n) is 3.46. The van der Waals surface area contributed by atoms with Gasteiger partial charge in [-0.25, -0.2) is 15.0 Å². The highest BCUT2D eigenvalue weighted by molar-refractivity contribution is 7.99. The molecule has 4 rings (SSSR count). The van der Waals surface area contributed by atoms with Gasteiger partial charge < -0.3 is 25.7 Å². The van der Waals surface area contributed by atoms with Crippen molar-refractivity contribution in [3.05, 3.63) is 12.7 Å². The van der Waals surface area contributed by atoms with E-state index in [-0.39, 0.29) is 24.5 Å². The Balaban J connectivity index is 1.60. The largest absolute Gasteiger partial charge is 0.382 e. The average Bonchev–Trinajstić information content (AvgIpc) is 3.24. The van der Waals surface area contributed by atoms with Crippen LogP contribution in [0.3, 0.4) is 0 Å². The molecule has 0 aromatic carbocycles. The number of fused-ring (bicyclic) bond motifs is 2. The van der Waals surface area contributed by atoms with Gasteiger partial charge in [-0.15, -0.1) is 0 Å². The van der Waals surface area contributed by atoms with E-state index < -0.39 is 5.79 Å². The topological polar surface area (TPSA) is 123 Å². The van der Waals surface area contributed by atoms with E-state index in [1.165, 1.54) is 6.33 Å².